The van der Waals surface area contributed by atoms with Crippen molar-refractivity contribution in [1.82, 2.24) is 4.98 Å². The maximum Gasteiger partial charge on any atom is 0.342 e. The molecule has 0 radical (unpaired) electrons. The molecule has 0 bridgehead atoms. The van der Waals surface area contributed by atoms with E-state index in [2.05, 4.69) is 4.98 Å². The average Bonchev–Trinajstić information content (AvgIpc) is 2.67. The number of rotatable bonds is 5. The van der Waals surface area contributed by atoms with E-state index in [1.807, 2.05) is 54.6 Å². The SMILES string of the molecule is COc1c(C(=O)OCc2ccccc2)cccc1-c1ccccn1. The van der Waals surface area contributed by atoms with Gasteiger partial charge in [-0.05, 0) is 29.8 Å². The van der Waals surface area contributed by atoms with Gasteiger partial charge in [0.05, 0.1) is 12.8 Å². The van der Waals surface area contributed by atoms with Crippen molar-refractivity contribution in [2.75, 3.05) is 7.11 Å². The lowest BCUT2D eigenvalue weighted by Crippen LogP contribution is -2.08. The summed E-state index contributed by atoms with van der Waals surface area (Å²) in [6, 6.07) is 20.5. The molecule has 120 valence electrons. The van der Waals surface area contributed by atoms with E-state index in [1.165, 1.54) is 7.11 Å². The van der Waals surface area contributed by atoms with Crippen LogP contribution in [0.5, 0.6) is 5.75 Å². The highest BCUT2D eigenvalue weighted by Crippen LogP contribution is 2.32. The van der Waals surface area contributed by atoms with Crippen LogP contribution in [0.2, 0.25) is 0 Å². The van der Waals surface area contributed by atoms with Crippen LogP contribution in [0.15, 0.2) is 72.9 Å². The van der Waals surface area contributed by atoms with E-state index in [-0.39, 0.29) is 6.61 Å². The summed E-state index contributed by atoms with van der Waals surface area (Å²) in [5.74, 6) is 0.0442. The summed E-state index contributed by atoms with van der Waals surface area (Å²) in [6.45, 7) is 0.219. The summed E-state index contributed by atoms with van der Waals surface area (Å²) in [5, 5.41) is 0. The highest BCUT2D eigenvalue weighted by atomic mass is 16.5. The second kappa shape index (κ2) is 7.42. The number of methoxy groups -OCH3 is 1. The summed E-state index contributed by atoms with van der Waals surface area (Å²) in [6.07, 6.45) is 1.70. The fourth-order valence-corrected chi connectivity index (χ4v) is 2.44. The molecule has 1 heterocycles. The van der Waals surface area contributed by atoms with Crippen molar-refractivity contribution < 1.29 is 14.3 Å². The predicted octanol–water partition coefficient (Wildman–Crippen LogP) is 4.11. The minimum Gasteiger partial charge on any atom is -0.495 e. The van der Waals surface area contributed by atoms with Gasteiger partial charge < -0.3 is 9.47 Å². The number of esters is 1. The lowest BCUT2D eigenvalue weighted by molar-refractivity contribution is 0.0469. The molecule has 0 aliphatic carbocycles. The smallest absolute Gasteiger partial charge is 0.342 e. The third-order valence-corrected chi connectivity index (χ3v) is 3.59. The Morgan fingerprint density at radius 1 is 0.958 bits per heavy atom. The molecular weight excluding hydrogens is 302 g/mol. The number of pyridine rings is 1. The number of para-hydroxylation sites is 1. The van der Waals surface area contributed by atoms with Crippen molar-refractivity contribution in [2.24, 2.45) is 0 Å². The summed E-state index contributed by atoms with van der Waals surface area (Å²) in [7, 11) is 1.54. The summed E-state index contributed by atoms with van der Waals surface area (Å²) < 4.78 is 10.9. The Balaban J connectivity index is 1.86. The first-order valence-corrected chi connectivity index (χ1v) is 7.59. The Kier molecular flexibility index (Phi) is 4.87. The standard InChI is InChI=1S/C20H17NO3/c1-23-19-16(18-12-5-6-13-21-18)10-7-11-17(19)20(22)24-14-15-8-3-2-4-9-15/h2-13H,14H2,1H3. The predicted molar refractivity (Wildman–Crippen MR) is 91.8 cm³/mol. The molecule has 0 fully saturated rings. The molecule has 24 heavy (non-hydrogen) atoms. The maximum atomic E-state index is 12.5. The molecule has 0 unspecified atom stereocenters. The van der Waals surface area contributed by atoms with Crippen LogP contribution in [0.1, 0.15) is 15.9 Å². The summed E-state index contributed by atoms with van der Waals surface area (Å²) >= 11 is 0. The van der Waals surface area contributed by atoms with Crippen LogP contribution < -0.4 is 4.74 Å². The van der Waals surface area contributed by atoms with Crippen LogP contribution in [-0.4, -0.2) is 18.1 Å². The zero-order valence-electron chi connectivity index (χ0n) is 13.3. The lowest BCUT2D eigenvalue weighted by Gasteiger charge is -2.13. The van der Waals surface area contributed by atoms with Gasteiger partial charge in [0, 0.05) is 11.8 Å². The summed E-state index contributed by atoms with van der Waals surface area (Å²) in [4.78, 5) is 16.8. The van der Waals surface area contributed by atoms with Crippen molar-refractivity contribution in [3.63, 3.8) is 0 Å². The Labute approximate surface area is 140 Å². The van der Waals surface area contributed by atoms with Crippen molar-refractivity contribution in [1.29, 1.82) is 0 Å². The van der Waals surface area contributed by atoms with Gasteiger partial charge in [-0.1, -0.05) is 42.5 Å². The number of aromatic nitrogens is 1. The molecule has 0 N–H and O–H groups in total. The number of ether oxygens (including phenoxy) is 2. The molecule has 0 amide bonds. The quantitative estimate of drug-likeness (QED) is 0.664. The van der Waals surface area contributed by atoms with E-state index in [4.69, 9.17) is 9.47 Å². The molecule has 2 aromatic carbocycles. The van der Waals surface area contributed by atoms with Crippen molar-refractivity contribution >= 4 is 5.97 Å². The zero-order chi connectivity index (χ0) is 16.8. The van der Waals surface area contributed by atoms with E-state index in [0.717, 1.165) is 16.8 Å². The number of carbonyl (C=O) groups excluding carboxylic acids is 1. The number of hydrogen-bond acceptors (Lipinski definition) is 4. The Bertz CT molecular complexity index is 817. The van der Waals surface area contributed by atoms with Crippen LogP contribution in [0.25, 0.3) is 11.3 Å². The molecule has 0 aliphatic heterocycles. The molecule has 0 spiro atoms. The first-order valence-electron chi connectivity index (χ1n) is 7.59. The third-order valence-electron chi connectivity index (χ3n) is 3.59. The number of nitrogens with zero attached hydrogens (tertiary/aromatic N) is 1. The van der Waals surface area contributed by atoms with Gasteiger partial charge in [0.2, 0.25) is 0 Å². The van der Waals surface area contributed by atoms with E-state index in [9.17, 15) is 4.79 Å². The maximum absolute atomic E-state index is 12.5. The third kappa shape index (κ3) is 3.43. The molecule has 3 aromatic rings. The van der Waals surface area contributed by atoms with Crippen molar-refractivity contribution in [2.45, 2.75) is 6.61 Å². The number of benzene rings is 2. The topological polar surface area (TPSA) is 48.4 Å². The molecule has 1 aromatic heterocycles. The molecule has 0 saturated heterocycles. The van der Waals surface area contributed by atoms with Gasteiger partial charge >= 0.3 is 5.97 Å². The van der Waals surface area contributed by atoms with Gasteiger partial charge in [0.25, 0.3) is 0 Å². The van der Waals surface area contributed by atoms with Crippen LogP contribution in [0, 0.1) is 0 Å². The normalized spacial score (nSPS) is 10.2. The molecular formula is C20H17NO3. The minimum absolute atomic E-state index is 0.219. The van der Waals surface area contributed by atoms with E-state index in [0.29, 0.717) is 11.3 Å². The van der Waals surface area contributed by atoms with Gasteiger partial charge in [0.1, 0.15) is 17.9 Å². The lowest BCUT2D eigenvalue weighted by atomic mass is 10.1. The average molecular weight is 319 g/mol. The van der Waals surface area contributed by atoms with Gasteiger partial charge in [-0.2, -0.15) is 0 Å². The number of hydrogen-bond donors (Lipinski definition) is 0. The highest BCUT2D eigenvalue weighted by molar-refractivity contribution is 5.95. The number of carbonyl (C=O) groups is 1. The monoisotopic (exact) mass is 319 g/mol. The largest absolute Gasteiger partial charge is 0.495 e. The first-order chi connectivity index (χ1) is 11.8. The van der Waals surface area contributed by atoms with Gasteiger partial charge in [-0.3, -0.25) is 4.98 Å². The van der Waals surface area contributed by atoms with Crippen molar-refractivity contribution in [3.05, 3.63) is 84.1 Å². The van der Waals surface area contributed by atoms with Crippen molar-refractivity contribution in [3.8, 4) is 17.0 Å². The molecule has 4 nitrogen and oxygen atoms in total. The second-order valence-corrected chi connectivity index (χ2v) is 5.16. The minimum atomic E-state index is -0.423. The molecule has 4 heteroatoms. The molecule has 0 saturated carbocycles. The zero-order valence-corrected chi connectivity index (χ0v) is 13.3. The highest BCUT2D eigenvalue weighted by Gasteiger charge is 2.18. The van der Waals surface area contributed by atoms with Crippen LogP contribution in [0.3, 0.4) is 0 Å². The van der Waals surface area contributed by atoms with Gasteiger partial charge in [0.15, 0.2) is 0 Å². The van der Waals surface area contributed by atoms with Gasteiger partial charge in [-0.15, -0.1) is 0 Å². The fourth-order valence-electron chi connectivity index (χ4n) is 2.44. The van der Waals surface area contributed by atoms with Crippen LogP contribution in [0.4, 0.5) is 0 Å². The van der Waals surface area contributed by atoms with Crippen LogP contribution in [-0.2, 0) is 11.3 Å². The molecule has 0 atom stereocenters. The fraction of sp³-hybridized carbons (Fsp3) is 0.100. The van der Waals surface area contributed by atoms with Crippen LogP contribution >= 0.6 is 0 Å². The van der Waals surface area contributed by atoms with E-state index in [1.54, 1.807) is 18.3 Å². The second-order valence-electron chi connectivity index (χ2n) is 5.16. The Hall–Kier alpha value is -3.14. The Morgan fingerprint density at radius 3 is 2.46 bits per heavy atom. The molecule has 0 aliphatic rings. The van der Waals surface area contributed by atoms with Gasteiger partial charge in [-0.25, -0.2) is 4.79 Å². The molecule has 3 rings (SSSR count). The Morgan fingerprint density at radius 2 is 1.75 bits per heavy atom. The summed E-state index contributed by atoms with van der Waals surface area (Å²) in [5.41, 5.74) is 2.82. The van der Waals surface area contributed by atoms with E-state index >= 15 is 0 Å². The van der Waals surface area contributed by atoms with E-state index < -0.39 is 5.97 Å². The first kappa shape index (κ1) is 15.7.